The smallest absolute Gasteiger partial charge is 0.0982 e. The van der Waals surface area contributed by atoms with Crippen LogP contribution in [0.15, 0.2) is 5.38 Å². The molecule has 2 rings (SSSR count). The van der Waals surface area contributed by atoms with Gasteiger partial charge in [0.1, 0.15) is 0 Å². The number of rotatable bonds is 4. The third-order valence-corrected chi connectivity index (χ3v) is 5.55. The number of aliphatic hydroxyl groups is 1. The summed E-state index contributed by atoms with van der Waals surface area (Å²) < 4.78 is 0. The Morgan fingerprint density at radius 1 is 1.50 bits per heavy atom. The van der Waals surface area contributed by atoms with E-state index in [1.54, 1.807) is 11.3 Å². The third kappa shape index (κ3) is 3.80. The normalized spacial score (nSPS) is 27.8. The van der Waals surface area contributed by atoms with Crippen molar-refractivity contribution in [3.63, 3.8) is 0 Å². The number of hydrogen-bond donors (Lipinski definition) is 2. The van der Waals surface area contributed by atoms with Gasteiger partial charge in [0.25, 0.3) is 0 Å². The monoisotopic (exact) mass is 296 g/mol. The summed E-state index contributed by atoms with van der Waals surface area (Å²) >= 11 is 1.74. The van der Waals surface area contributed by atoms with E-state index in [4.69, 9.17) is 4.98 Å². The van der Waals surface area contributed by atoms with Crippen molar-refractivity contribution >= 4 is 11.3 Å². The highest BCUT2D eigenvalue weighted by atomic mass is 32.1. The van der Waals surface area contributed by atoms with Crippen LogP contribution in [-0.2, 0) is 12.0 Å². The fourth-order valence-electron chi connectivity index (χ4n) is 3.03. The van der Waals surface area contributed by atoms with E-state index in [9.17, 15) is 5.11 Å². The molecule has 0 aromatic carbocycles. The Morgan fingerprint density at radius 2 is 2.25 bits per heavy atom. The highest BCUT2D eigenvalue weighted by Gasteiger charge is 2.34. The molecule has 0 aliphatic heterocycles. The van der Waals surface area contributed by atoms with Crippen molar-refractivity contribution in [2.75, 3.05) is 6.61 Å². The van der Waals surface area contributed by atoms with Crippen LogP contribution < -0.4 is 5.32 Å². The number of aromatic nitrogens is 1. The second kappa shape index (κ2) is 6.12. The van der Waals surface area contributed by atoms with Gasteiger partial charge in [0.05, 0.1) is 17.3 Å². The third-order valence-electron chi connectivity index (χ3n) is 4.23. The van der Waals surface area contributed by atoms with E-state index in [0.717, 1.165) is 25.1 Å². The van der Waals surface area contributed by atoms with Gasteiger partial charge in [-0.3, -0.25) is 0 Å². The van der Waals surface area contributed by atoms with E-state index in [0.29, 0.717) is 5.92 Å². The average Bonchev–Trinajstić information content (AvgIpc) is 2.85. The van der Waals surface area contributed by atoms with Crippen LogP contribution >= 0.6 is 11.3 Å². The lowest BCUT2D eigenvalue weighted by molar-refractivity contribution is 0.0979. The molecule has 2 N–H and O–H groups in total. The van der Waals surface area contributed by atoms with Gasteiger partial charge in [-0.2, -0.15) is 0 Å². The van der Waals surface area contributed by atoms with E-state index in [-0.39, 0.29) is 17.6 Å². The average molecular weight is 296 g/mol. The summed E-state index contributed by atoms with van der Waals surface area (Å²) in [5, 5.41) is 16.7. The van der Waals surface area contributed by atoms with Crippen LogP contribution in [-0.4, -0.2) is 22.2 Å². The fourth-order valence-corrected chi connectivity index (χ4v) is 3.94. The van der Waals surface area contributed by atoms with Crippen LogP contribution in [0.2, 0.25) is 0 Å². The molecule has 1 aliphatic carbocycles. The molecule has 1 aromatic rings. The van der Waals surface area contributed by atoms with Crippen molar-refractivity contribution in [2.45, 2.75) is 70.9 Å². The van der Waals surface area contributed by atoms with Crippen molar-refractivity contribution in [1.29, 1.82) is 0 Å². The first-order valence-corrected chi connectivity index (χ1v) is 8.53. The van der Waals surface area contributed by atoms with Crippen LogP contribution in [0.1, 0.15) is 64.1 Å². The van der Waals surface area contributed by atoms with Gasteiger partial charge in [-0.05, 0) is 18.8 Å². The van der Waals surface area contributed by atoms with Crippen molar-refractivity contribution in [1.82, 2.24) is 10.3 Å². The summed E-state index contributed by atoms with van der Waals surface area (Å²) in [5.74, 6) is 0.698. The predicted molar refractivity (Wildman–Crippen MR) is 85.1 cm³/mol. The summed E-state index contributed by atoms with van der Waals surface area (Å²) in [7, 11) is 0. The summed E-state index contributed by atoms with van der Waals surface area (Å²) in [6.07, 6.45) is 4.64. The standard InChI is InChI=1S/C16H28N2OS/c1-12-6-5-7-16(8-12,11-19)17-9-13-10-20-14(18-13)15(2,3)4/h10,12,17,19H,5-9,11H2,1-4H3. The molecule has 0 radical (unpaired) electrons. The highest BCUT2D eigenvalue weighted by Crippen LogP contribution is 2.32. The van der Waals surface area contributed by atoms with Crippen LogP contribution in [0.5, 0.6) is 0 Å². The van der Waals surface area contributed by atoms with E-state index in [1.807, 2.05) is 0 Å². The molecule has 20 heavy (non-hydrogen) atoms. The lowest BCUT2D eigenvalue weighted by atomic mass is 9.77. The molecule has 3 nitrogen and oxygen atoms in total. The van der Waals surface area contributed by atoms with Gasteiger partial charge in [-0.25, -0.2) is 4.98 Å². The van der Waals surface area contributed by atoms with Gasteiger partial charge < -0.3 is 10.4 Å². The molecule has 0 amide bonds. The molecular weight excluding hydrogens is 268 g/mol. The van der Waals surface area contributed by atoms with Crippen LogP contribution in [0.4, 0.5) is 0 Å². The maximum absolute atomic E-state index is 9.79. The van der Waals surface area contributed by atoms with Crippen LogP contribution in [0, 0.1) is 5.92 Å². The zero-order valence-electron chi connectivity index (χ0n) is 13.2. The van der Waals surface area contributed by atoms with Gasteiger partial charge in [0.2, 0.25) is 0 Å². The zero-order chi connectivity index (χ0) is 14.8. The van der Waals surface area contributed by atoms with Gasteiger partial charge in [-0.1, -0.05) is 40.5 Å². The summed E-state index contributed by atoms with van der Waals surface area (Å²) in [6.45, 7) is 9.86. The Morgan fingerprint density at radius 3 is 2.80 bits per heavy atom. The number of nitrogens with one attached hydrogen (secondary N) is 1. The first-order chi connectivity index (χ1) is 9.35. The first kappa shape index (κ1) is 15.9. The molecule has 114 valence electrons. The first-order valence-electron chi connectivity index (χ1n) is 7.65. The molecular formula is C16H28N2OS. The van der Waals surface area contributed by atoms with E-state index < -0.39 is 0 Å². The largest absolute Gasteiger partial charge is 0.394 e. The zero-order valence-corrected chi connectivity index (χ0v) is 14.0. The molecule has 1 saturated carbocycles. The van der Waals surface area contributed by atoms with Crippen molar-refractivity contribution in [3.05, 3.63) is 16.1 Å². The SMILES string of the molecule is CC1CCCC(CO)(NCc2csc(C(C)(C)C)n2)C1. The molecule has 2 atom stereocenters. The molecule has 4 heteroatoms. The summed E-state index contributed by atoms with van der Waals surface area (Å²) in [4.78, 5) is 4.72. The Balaban J connectivity index is 1.98. The Bertz CT molecular complexity index is 438. The van der Waals surface area contributed by atoms with Crippen LogP contribution in [0.25, 0.3) is 0 Å². The maximum atomic E-state index is 9.79. The van der Waals surface area contributed by atoms with Gasteiger partial charge >= 0.3 is 0 Å². The van der Waals surface area contributed by atoms with Crippen LogP contribution in [0.3, 0.4) is 0 Å². The van der Waals surface area contributed by atoms with Crippen molar-refractivity contribution < 1.29 is 5.11 Å². The molecule has 0 bridgehead atoms. The lowest BCUT2D eigenvalue weighted by Gasteiger charge is -2.39. The van der Waals surface area contributed by atoms with Gasteiger partial charge in [0.15, 0.2) is 0 Å². The Hall–Kier alpha value is -0.450. The fraction of sp³-hybridized carbons (Fsp3) is 0.812. The predicted octanol–water partition coefficient (Wildman–Crippen LogP) is 3.47. The maximum Gasteiger partial charge on any atom is 0.0982 e. The topological polar surface area (TPSA) is 45.1 Å². The summed E-state index contributed by atoms with van der Waals surface area (Å²) in [6, 6.07) is 0. The second-order valence-electron chi connectivity index (χ2n) is 7.39. The molecule has 0 saturated heterocycles. The molecule has 1 aliphatic rings. The molecule has 0 spiro atoms. The minimum Gasteiger partial charge on any atom is -0.394 e. The van der Waals surface area contributed by atoms with E-state index in [2.05, 4.69) is 38.4 Å². The van der Waals surface area contributed by atoms with Gasteiger partial charge in [0, 0.05) is 22.9 Å². The number of aliphatic hydroxyl groups excluding tert-OH is 1. The van der Waals surface area contributed by atoms with E-state index >= 15 is 0 Å². The number of thiazole rings is 1. The quantitative estimate of drug-likeness (QED) is 0.894. The molecule has 1 heterocycles. The van der Waals surface area contributed by atoms with Crippen molar-refractivity contribution in [3.8, 4) is 0 Å². The minimum absolute atomic E-state index is 0.0941. The van der Waals surface area contributed by atoms with Crippen molar-refractivity contribution in [2.24, 2.45) is 5.92 Å². The van der Waals surface area contributed by atoms with E-state index in [1.165, 1.54) is 17.8 Å². The van der Waals surface area contributed by atoms with Gasteiger partial charge in [-0.15, -0.1) is 11.3 Å². The molecule has 2 unspecified atom stereocenters. The lowest BCUT2D eigenvalue weighted by Crippen LogP contribution is -2.51. The Labute approximate surface area is 126 Å². The number of hydrogen-bond acceptors (Lipinski definition) is 4. The molecule has 1 fully saturated rings. The molecule has 1 aromatic heterocycles. The Kier molecular flexibility index (Phi) is 4.88. The minimum atomic E-state index is -0.0941. The number of nitrogens with zero attached hydrogens (tertiary/aromatic N) is 1. The second-order valence-corrected chi connectivity index (χ2v) is 8.25. The summed E-state index contributed by atoms with van der Waals surface area (Å²) in [5.41, 5.74) is 1.13. The highest BCUT2D eigenvalue weighted by molar-refractivity contribution is 7.09.